The summed E-state index contributed by atoms with van der Waals surface area (Å²) in [5.41, 5.74) is 2.54. The molecule has 2 aromatic carbocycles. The van der Waals surface area contributed by atoms with Crippen LogP contribution in [0.25, 0.3) is 17.2 Å². The number of benzene rings is 2. The van der Waals surface area contributed by atoms with Gasteiger partial charge in [0.1, 0.15) is 28.0 Å². The first-order valence-electron chi connectivity index (χ1n) is 9.48. The number of hydrogen-bond donors (Lipinski definition) is 1. The van der Waals surface area contributed by atoms with Gasteiger partial charge >= 0.3 is 5.97 Å². The van der Waals surface area contributed by atoms with Crippen molar-refractivity contribution in [1.82, 2.24) is 0 Å². The van der Waals surface area contributed by atoms with Crippen LogP contribution in [0.4, 0.5) is 9.39 Å². The molecule has 7 heteroatoms. The fourth-order valence-corrected chi connectivity index (χ4v) is 3.82. The molecular weight excluding hydrogens is 415 g/mol. The Kier molecular flexibility index (Phi) is 6.96. The van der Waals surface area contributed by atoms with Crippen molar-refractivity contribution in [3.05, 3.63) is 82.0 Å². The SMILES string of the molecule is CCOC(=O)c1c(-c2ccc(C)cc2)csc1NC(=O)/C(C#N)=C/c1ccccc1F. The highest BCUT2D eigenvalue weighted by Crippen LogP contribution is 2.36. The molecule has 0 bridgehead atoms. The molecule has 0 spiro atoms. The van der Waals surface area contributed by atoms with Crippen molar-refractivity contribution in [1.29, 1.82) is 5.26 Å². The van der Waals surface area contributed by atoms with Crippen molar-refractivity contribution in [2.45, 2.75) is 13.8 Å². The Morgan fingerprint density at radius 2 is 1.90 bits per heavy atom. The molecule has 156 valence electrons. The second-order valence-electron chi connectivity index (χ2n) is 6.59. The van der Waals surface area contributed by atoms with E-state index in [2.05, 4.69) is 5.32 Å². The third-order valence-corrected chi connectivity index (χ3v) is 5.33. The van der Waals surface area contributed by atoms with E-state index in [9.17, 15) is 19.2 Å². The number of anilines is 1. The highest BCUT2D eigenvalue weighted by atomic mass is 32.1. The topological polar surface area (TPSA) is 79.2 Å². The normalized spacial score (nSPS) is 11.0. The molecule has 1 amide bonds. The van der Waals surface area contributed by atoms with Gasteiger partial charge in [-0.15, -0.1) is 11.3 Å². The predicted molar refractivity (Wildman–Crippen MR) is 119 cm³/mol. The Balaban J connectivity index is 1.97. The number of esters is 1. The lowest BCUT2D eigenvalue weighted by Crippen LogP contribution is -2.16. The molecule has 1 heterocycles. The van der Waals surface area contributed by atoms with Gasteiger partial charge in [0.2, 0.25) is 0 Å². The summed E-state index contributed by atoms with van der Waals surface area (Å²) in [6.07, 6.45) is 1.17. The van der Waals surface area contributed by atoms with Gasteiger partial charge in [0, 0.05) is 16.5 Å². The number of rotatable bonds is 6. The van der Waals surface area contributed by atoms with Crippen LogP contribution in [0.15, 0.2) is 59.5 Å². The van der Waals surface area contributed by atoms with Crippen LogP contribution in [0.3, 0.4) is 0 Å². The van der Waals surface area contributed by atoms with Gasteiger partial charge in [0.05, 0.1) is 6.61 Å². The summed E-state index contributed by atoms with van der Waals surface area (Å²) < 4.78 is 19.1. The first-order valence-corrected chi connectivity index (χ1v) is 10.4. The maximum Gasteiger partial charge on any atom is 0.341 e. The molecule has 0 saturated carbocycles. The minimum absolute atomic E-state index is 0.117. The van der Waals surface area contributed by atoms with E-state index in [1.54, 1.807) is 24.4 Å². The lowest BCUT2D eigenvalue weighted by Gasteiger charge is -2.09. The molecular formula is C24H19FN2O3S. The quantitative estimate of drug-likeness (QED) is 0.312. The molecule has 0 saturated heterocycles. The van der Waals surface area contributed by atoms with E-state index in [1.165, 1.54) is 24.3 Å². The summed E-state index contributed by atoms with van der Waals surface area (Å²) in [6, 6.07) is 15.2. The molecule has 1 N–H and O–H groups in total. The first kappa shape index (κ1) is 21.9. The van der Waals surface area contributed by atoms with Crippen molar-refractivity contribution in [3.63, 3.8) is 0 Å². The summed E-state index contributed by atoms with van der Waals surface area (Å²) in [4.78, 5) is 25.4. The first-order chi connectivity index (χ1) is 14.9. The van der Waals surface area contributed by atoms with Gasteiger partial charge in [-0.05, 0) is 31.6 Å². The molecule has 1 aromatic heterocycles. The van der Waals surface area contributed by atoms with Crippen LogP contribution < -0.4 is 5.32 Å². The molecule has 0 radical (unpaired) electrons. The number of aryl methyl sites for hydroxylation is 1. The van der Waals surface area contributed by atoms with E-state index in [0.29, 0.717) is 5.56 Å². The Bertz CT molecular complexity index is 1190. The van der Waals surface area contributed by atoms with Crippen molar-refractivity contribution in [2.75, 3.05) is 11.9 Å². The molecule has 0 aliphatic rings. The minimum Gasteiger partial charge on any atom is -0.462 e. The number of nitriles is 1. The Morgan fingerprint density at radius 3 is 2.55 bits per heavy atom. The van der Waals surface area contributed by atoms with Gasteiger partial charge in [0.15, 0.2) is 0 Å². The standard InChI is InChI=1S/C24H19FN2O3S/c1-3-30-24(29)21-19(16-10-8-15(2)9-11-16)14-31-23(21)27-22(28)18(13-26)12-17-6-4-5-7-20(17)25/h4-12,14H,3H2,1-2H3,(H,27,28)/b18-12+. The zero-order valence-corrected chi connectivity index (χ0v) is 17.8. The Morgan fingerprint density at radius 1 is 1.19 bits per heavy atom. The average molecular weight is 434 g/mol. The van der Waals surface area contributed by atoms with E-state index in [1.807, 2.05) is 31.2 Å². The van der Waals surface area contributed by atoms with Crippen molar-refractivity contribution in [3.8, 4) is 17.2 Å². The lowest BCUT2D eigenvalue weighted by molar-refractivity contribution is -0.112. The smallest absolute Gasteiger partial charge is 0.341 e. The summed E-state index contributed by atoms with van der Waals surface area (Å²) >= 11 is 1.15. The fourth-order valence-electron chi connectivity index (χ4n) is 2.87. The zero-order chi connectivity index (χ0) is 22.4. The van der Waals surface area contributed by atoms with Crippen LogP contribution in [0.5, 0.6) is 0 Å². The number of carbonyl (C=O) groups excluding carboxylic acids is 2. The fraction of sp³-hybridized carbons (Fsp3) is 0.125. The molecule has 0 fully saturated rings. The van der Waals surface area contributed by atoms with Gasteiger partial charge in [-0.25, -0.2) is 9.18 Å². The monoisotopic (exact) mass is 434 g/mol. The maximum absolute atomic E-state index is 13.9. The van der Waals surface area contributed by atoms with Gasteiger partial charge in [-0.1, -0.05) is 48.0 Å². The van der Waals surface area contributed by atoms with Crippen molar-refractivity contribution < 1.29 is 18.7 Å². The van der Waals surface area contributed by atoms with Crippen LogP contribution in [-0.2, 0) is 9.53 Å². The number of halogens is 1. The molecule has 31 heavy (non-hydrogen) atoms. The largest absolute Gasteiger partial charge is 0.462 e. The van der Waals surface area contributed by atoms with Crippen LogP contribution in [0, 0.1) is 24.1 Å². The predicted octanol–water partition coefficient (Wildman–Crippen LogP) is 5.59. The number of nitrogens with zero attached hydrogens (tertiary/aromatic N) is 1. The average Bonchev–Trinajstić information content (AvgIpc) is 3.17. The highest BCUT2D eigenvalue weighted by molar-refractivity contribution is 7.15. The number of ether oxygens (including phenoxy) is 1. The zero-order valence-electron chi connectivity index (χ0n) is 16.9. The van der Waals surface area contributed by atoms with Crippen molar-refractivity contribution in [2.24, 2.45) is 0 Å². The maximum atomic E-state index is 13.9. The second-order valence-corrected chi connectivity index (χ2v) is 7.47. The second kappa shape index (κ2) is 9.83. The highest BCUT2D eigenvalue weighted by Gasteiger charge is 2.23. The number of carbonyl (C=O) groups is 2. The third kappa shape index (κ3) is 5.05. The van der Waals surface area contributed by atoms with Gasteiger partial charge < -0.3 is 10.1 Å². The van der Waals surface area contributed by atoms with E-state index < -0.39 is 17.7 Å². The number of nitrogens with one attached hydrogen (secondary N) is 1. The Labute approximate surface area is 183 Å². The van der Waals surface area contributed by atoms with E-state index in [4.69, 9.17) is 4.74 Å². The van der Waals surface area contributed by atoms with Gasteiger partial charge in [0.25, 0.3) is 5.91 Å². The molecule has 3 aromatic rings. The van der Waals surface area contributed by atoms with Crippen LogP contribution in [0.1, 0.15) is 28.4 Å². The van der Waals surface area contributed by atoms with Crippen LogP contribution in [0.2, 0.25) is 0 Å². The summed E-state index contributed by atoms with van der Waals surface area (Å²) in [7, 11) is 0. The third-order valence-electron chi connectivity index (χ3n) is 4.43. The van der Waals surface area contributed by atoms with E-state index in [0.717, 1.165) is 22.5 Å². The number of thiophene rings is 1. The van der Waals surface area contributed by atoms with Crippen molar-refractivity contribution >= 4 is 34.3 Å². The minimum atomic E-state index is -0.742. The van der Waals surface area contributed by atoms with Gasteiger partial charge in [-0.2, -0.15) is 5.26 Å². The Hall–Kier alpha value is -3.76. The molecule has 0 aliphatic heterocycles. The molecule has 0 unspecified atom stereocenters. The van der Waals surface area contributed by atoms with E-state index >= 15 is 0 Å². The van der Waals surface area contributed by atoms with Crippen LogP contribution in [-0.4, -0.2) is 18.5 Å². The number of hydrogen-bond acceptors (Lipinski definition) is 5. The summed E-state index contributed by atoms with van der Waals surface area (Å²) in [6.45, 7) is 3.83. The molecule has 3 rings (SSSR count). The number of amides is 1. The lowest BCUT2D eigenvalue weighted by atomic mass is 10.0. The van der Waals surface area contributed by atoms with E-state index in [-0.39, 0.29) is 28.3 Å². The summed E-state index contributed by atoms with van der Waals surface area (Å²) in [5, 5.41) is 14.0. The summed E-state index contributed by atoms with van der Waals surface area (Å²) in [5.74, 6) is -1.87. The molecule has 5 nitrogen and oxygen atoms in total. The molecule has 0 atom stereocenters. The van der Waals surface area contributed by atoms with Gasteiger partial charge in [-0.3, -0.25) is 4.79 Å². The molecule has 0 aliphatic carbocycles. The van der Waals surface area contributed by atoms with Crippen LogP contribution >= 0.6 is 11.3 Å².